The summed E-state index contributed by atoms with van der Waals surface area (Å²) in [6.07, 6.45) is 2.51. The number of carboxylic acids is 1. The molecular weight excluding hydrogens is 170 g/mol. The molecule has 4 nitrogen and oxygen atoms in total. The Hall–Kier alpha value is -1.73. The van der Waals surface area contributed by atoms with Gasteiger partial charge in [-0.25, -0.2) is 4.79 Å². The second-order valence-corrected chi connectivity index (χ2v) is 2.91. The Morgan fingerprint density at radius 3 is 2.92 bits per heavy atom. The van der Waals surface area contributed by atoms with Gasteiger partial charge >= 0.3 is 5.97 Å². The molecule has 0 amide bonds. The number of aliphatic carboxylic acids is 1. The summed E-state index contributed by atoms with van der Waals surface area (Å²) in [7, 11) is 0. The fraction of sp³-hybridized carbons (Fsp3) is 0.222. The zero-order valence-electron chi connectivity index (χ0n) is 7.00. The molecule has 0 aliphatic heterocycles. The van der Waals surface area contributed by atoms with Crippen LogP contribution in [0.1, 0.15) is 6.92 Å². The summed E-state index contributed by atoms with van der Waals surface area (Å²) < 4.78 is 0. The van der Waals surface area contributed by atoms with Gasteiger partial charge in [0.1, 0.15) is 5.57 Å². The Balaban J connectivity index is 3.19. The monoisotopic (exact) mass is 178 g/mol. The van der Waals surface area contributed by atoms with E-state index in [9.17, 15) is 9.90 Å². The van der Waals surface area contributed by atoms with E-state index >= 15 is 0 Å². The lowest BCUT2D eigenvalue weighted by atomic mass is 10.1. The van der Waals surface area contributed by atoms with Gasteiger partial charge < -0.3 is 15.9 Å². The average Bonchev–Trinajstić information content (AvgIpc) is 2.11. The van der Waals surface area contributed by atoms with Crippen LogP contribution in [-0.4, -0.2) is 16.6 Å². The predicted octanol–water partition coefficient (Wildman–Crippen LogP) is -1.02. The van der Waals surface area contributed by atoms with Gasteiger partial charge in [0.2, 0.25) is 0 Å². The van der Waals surface area contributed by atoms with E-state index in [0.29, 0.717) is 0 Å². The Labute approximate surface area is 75.4 Å². The third-order valence-electron chi connectivity index (χ3n) is 1.50. The van der Waals surface area contributed by atoms with Gasteiger partial charge in [-0.1, -0.05) is 29.8 Å². The van der Waals surface area contributed by atoms with E-state index in [1.807, 2.05) is 0 Å². The minimum absolute atomic E-state index is 0.439. The van der Waals surface area contributed by atoms with Crippen LogP contribution in [0.25, 0.3) is 0 Å². The van der Waals surface area contributed by atoms with Crippen LogP contribution in [0.4, 0.5) is 0 Å². The number of carboxylic acid groups (broad SMARTS) is 1. The summed E-state index contributed by atoms with van der Waals surface area (Å²) in [5.74, 6) is 2.80. The van der Waals surface area contributed by atoms with Crippen molar-refractivity contribution in [3.8, 4) is 11.8 Å². The maximum atomic E-state index is 11.1. The van der Waals surface area contributed by atoms with E-state index in [4.69, 9.17) is 10.8 Å². The van der Waals surface area contributed by atoms with Crippen LogP contribution in [-0.2, 0) is 4.79 Å². The molecule has 68 valence electrons. The first-order valence-corrected chi connectivity index (χ1v) is 3.58. The standard InChI is InChI=1S/C9H9NO3/c1-9(10)4-2-6(8(12)13)7(11)3-5-9/h3,5,11H,10H2,1H3,(H,12,13)/p-1. The molecule has 3 N–H and O–H groups in total. The van der Waals surface area contributed by atoms with Crippen molar-refractivity contribution < 1.29 is 15.0 Å². The summed E-state index contributed by atoms with van der Waals surface area (Å²) in [6.45, 7) is 1.59. The Morgan fingerprint density at radius 1 is 1.77 bits per heavy atom. The molecule has 0 radical (unpaired) electrons. The lowest BCUT2D eigenvalue weighted by molar-refractivity contribution is -0.296. The van der Waals surface area contributed by atoms with Crippen molar-refractivity contribution in [2.75, 3.05) is 0 Å². The van der Waals surface area contributed by atoms with Gasteiger partial charge in [-0.3, -0.25) is 0 Å². The molecule has 0 spiro atoms. The van der Waals surface area contributed by atoms with Crippen LogP contribution in [0, 0.1) is 11.8 Å². The topological polar surface area (TPSA) is 86.4 Å². The first-order valence-electron chi connectivity index (χ1n) is 3.58. The van der Waals surface area contributed by atoms with E-state index in [-0.39, 0.29) is 0 Å². The SMILES string of the molecule is CC1(N)C#CC(C(=O)O)=C([O-])C=C1. The van der Waals surface area contributed by atoms with Gasteiger partial charge in [-0.15, -0.1) is 0 Å². The lowest BCUT2D eigenvalue weighted by Crippen LogP contribution is -2.31. The van der Waals surface area contributed by atoms with Gasteiger partial charge in [0.25, 0.3) is 0 Å². The summed E-state index contributed by atoms with van der Waals surface area (Å²) in [5, 5.41) is 19.6. The highest BCUT2D eigenvalue weighted by Crippen LogP contribution is 2.09. The molecule has 0 heterocycles. The smallest absolute Gasteiger partial charge is 0.343 e. The third kappa shape index (κ3) is 2.10. The van der Waals surface area contributed by atoms with Crippen molar-refractivity contribution >= 4 is 5.97 Å². The largest absolute Gasteiger partial charge is 0.871 e. The van der Waals surface area contributed by atoms with Crippen LogP contribution >= 0.6 is 0 Å². The molecule has 0 aromatic heterocycles. The lowest BCUT2D eigenvalue weighted by Gasteiger charge is -2.10. The predicted molar refractivity (Wildman–Crippen MR) is 44.2 cm³/mol. The maximum Gasteiger partial charge on any atom is 0.343 e. The summed E-state index contributed by atoms with van der Waals surface area (Å²) in [5.41, 5.74) is 4.21. The first-order chi connectivity index (χ1) is 5.92. The number of carbonyl (C=O) groups is 1. The summed E-state index contributed by atoms with van der Waals surface area (Å²) in [4.78, 5) is 10.5. The molecule has 0 aromatic carbocycles. The van der Waals surface area contributed by atoms with Crippen LogP contribution in [0.5, 0.6) is 0 Å². The van der Waals surface area contributed by atoms with Crippen LogP contribution in [0.3, 0.4) is 0 Å². The Morgan fingerprint density at radius 2 is 2.38 bits per heavy atom. The fourth-order valence-corrected chi connectivity index (χ4v) is 0.791. The summed E-state index contributed by atoms with van der Waals surface area (Å²) in [6, 6.07) is 0. The highest BCUT2D eigenvalue weighted by atomic mass is 16.4. The Kier molecular flexibility index (Phi) is 2.13. The molecular formula is C9H8NO3-. The van der Waals surface area contributed by atoms with Crippen molar-refractivity contribution in [3.05, 3.63) is 23.5 Å². The van der Waals surface area contributed by atoms with Crippen LogP contribution < -0.4 is 10.8 Å². The van der Waals surface area contributed by atoms with E-state index < -0.39 is 22.8 Å². The molecule has 0 saturated carbocycles. The normalized spacial score (nSPS) is 26.3. The molecule has 13 heavy (non-hydrogen) atoms. The second-order valence-electron chi connectivity index (χ2n) is 2.91. The van der Waals surface area contributed by atoms with Gasteiger partial charge in [0.15, 0.2) is 0 Å². The first kappa shape index (κ1) is 9.36. The van der Waals surface area contributed by atoms with Crippen molar-refractivity contribution in [2.24, 2.45) is 5.73 Å². The zero-order chi connectivity index (χ0) is 10.1. The quantitative estimate of drug-likeness (QED) is 0.503. The minimum atomic E-state index is -1.32. The Bertz CT molecular complexity index is 366. The number of nitrogens with two attached hydrogens (primary N) is 1. The number of hydrogen-bond donors (Lipinski definition) is 2. The fourth-order valence-electron chi connectivity index (χ4n) is 0.791. The van der Waals surface area contributed by atoms with Crippen molar-refractivity contribution in [3.63, 3.8) is 0 Å². The molecule has 1 aliphatic carbocycles. The molecule has 4 heteroatoms. The number of allylic oxidation sites excluding steroid dienone is 1. The van der Waals surface area contributed by atoms with Crippen molar-refractivity contribution in [1.82, 2.24) is 0 Å². The highest BCUT2D eigenvalue weighted by Gasteiger charge is 2.13. The molecule has 1 aliphatic rings. The van der Waals surface area contributed by atoms with E-state index in [0.717, 1.165) is 6.08 Å². The third-order valence-corrected chi connectivity index (χ3v) is 1.50. The molecule has 0 bridgehead atoms. The zero-order valence-corrected chi connectivity index (χ0v) is 7.00. The highest BCUT2D eigenvalue weighted by molar-refractivity contribution is 5.93. The summed E-state index contributed by atoms with van der Waals surface area (Å²) >= 11 is 0. The number of hydrogen-bond acceptors (Lipinski definition) is 3. The number of rotatable bonds is 1. The van der Waals surface area contributed by atoms with Gasteiger partial charge in [0, 0.05) is 0 Å². The van der Waals surface area contributed by atoms with Gasteiger partial charge in [0.05, 0.1) is 5.54 Å². The molecule has 1 atom stereocenters. The molecule has 0 fully saturated rings. The second kappa shape index (κ2) is 2.96. The molecule has 0 saturated heterocycles. The minimum Gasteiger partial charge on any atom is -0.871 e. The van der Waals surface area contributed by atoms with Crippen molar-refractivity contribution in [1.29, 1.82) is 0 Å². The molecule has 0 aromatic rings. The van der Waals surface area contributed by atoms with Crippen LogP contribution in [0.15, 0.2) is 23.5 Å². The van der Waals surface area contributed by atoms with E-state index in [1.54, 1.807) is 6.92 Å². The van der Waals surface area contributed by atoms with Crippen LogP contribution in [0.2, 0.25) is 0 Å². The average molecular weight is 178 g/mol. The van der Waals surface area contributed by atoms with Crippen molar-refractivity contribution in [2.45, 2.75) is 12.5 Å². The van der Waals surface area contributed by atoms with Gasteiger partial charge in [-0.2, -0.15) is 0 Å². The van der Waals surface area contributed by atoms with E-state index in [1.165, 1.54) is 6.08 Å². The van der Waals surface area contributed by atoms with Gasteiger partial charge in [-0.05, 0) is 6.92 Å². The molecule has 1 unspecified atom stereocenters. The van der Waals surface area contributed by atoms with E-state index in [2.05, 4.69) is 11.8 Å². The maximum absolute atomic E-state index is 11.1. The molecule has 1 rings (SSSR count).